The quantitative estimate of drug-likeness (QED) is 0.874. The van der Waals surface area contributed by atoms with Gasteiger partial charge in [-0.2, -0.15) is 0 Å². The number of sulfonamides is 1. The summed E-state index contributed by atoms with van der Waals surface area (Å²) in [5, 5.41) is 7.72. The first-order valence-electron chi connectivity index (χ1n) is 6.31. The van der Waals surface area contributed by atoms with Crippen LogP contribution in [0.2, 0.25) is 0 Å². The van der Waals surface area contributed by atoms with Crippen LogP contribution in [0, 0.1) is 24.6 Å². The predicted molar refractivity (Wildman–Crippen MR) is 72.1 cm³/mol. The molecule has 0 saturated heterocycles. The van der Waals surface area contributed by atoms with E-state index in [2.05, 4.69) is 12.2 Å². The van der Waals surface area contributed by atoms with Gasteiger partial charge >= 0.3 is 0 Å². The van der Waals surface area contributed by atoms with Crippen molar-refractivity contribution in [1.29, 1.82) is 0 Å². The molecule has 1 aliphatic rings. The number of rotatable bonds is 4. The molecular weight excluding hydrogens is 283 g/mol. The standard InChI is InChI=1S/C13H17FN2O3S/c1-7-3-9(7)6-16-13(17)11-4-10(14)5-12(8(11)2)20(15,18)19/h4-5,7,9H,3,6H2,1-2H3,(H,16,17)(H2,15,18,19). The van der Waals surface area contributed by atoms with Crippen LogP contribution in [0.25, 0.3) is 0 Å². The number of primary sulfonamides is 1. The van der Waals surface area contributed by atoms with Gasteiger partial charge in [0.1, 0.15) is 5.82 Å². The number of benzene rings is 1. The summed E-state index contributed by atoms with van der Waals surface area (Å²) in [6, 6.07) is 1.85. The third-order valence-electron chi connectivity index (χ3n) is 3.68. The van der Waals surface area contributed by atoms with Gasteiger partial charge in [0.15, 0.2) is 0 Å². The van der Waals surface area contributed by atoms with Gasteiger partial charge in [-0.25, -0.2) is 17.9 Å². The van der Waals surface area contributed by atoms with E-state index in [1.807, 2.05) is 0 Å². The molecular formula is C13H17FN2O3S. The fourth-order valence-corrected chi connectivity index (χ4v) is 3.00. The number of hydrogen-bond acceptors (Lipinski definition) is 3. The van der Waals surface area contributed by atoms with Crippen molar-refractivity contribution in [2.24, 2.45) is 17.0 Å². The van der Waals surface area contributed by atoms with E-state index in [9.17, 15) is 17.6 Å². The minimum absolute atomic E-state index is 0.00216. The zero-order valence-electron chi connectivity index (χ0n) is 11.3. The smallest absolute Gasteiger partial charge is 0.251 e. The molecule has 7 heteroatoms. The Labute approximate surface area is 117 Å². The Morgan fingerprint density at radius 2 is 2.10 bits per heavy atom. The lowest BCUT2D eigenvalue weighted by Crippen LogP contribution is -2.27. The Bertz CT molecular complexity index is 658. The first-order valence-corrected chi connectivity index (χ1v) is 7.86. The molecule has 110 valence electrons. The number of hydrogen-bond donors (Lipinski definition) is 2. The molecule has 0 heterocycles. The Morgan fingerprint density at radius 3 is 2.60 bits per heavy atom. The van der Waals surface area contributed by atoms with Gasteiger partial charge < -0.3 is 5.32 Å². The lowest BCUT2D eigenvalue weighted by molar-refractivity contribution is 0.0950. The van der Waals surface area contributed by atoms with Gasteiger partial charge in [-0.3, -0.25) is 4.79 Å². The van der Waals surface area contributed by atoms with Crippen molar-refractivity contribution in [3.05, 3.63) is 29.1 Å². The number of amides is 1. The van der Waals surface area contributed by atoms with E-state index < -0.39 is 21.7 Å². The van der Waals surface area contributed by atoms with Crippen molar-refractivity contribution in [1.82, 2.24) is 5.32 Å². The maximum atomic E-state index is 13.5. The summed E-state index contributed by atoms with van der Waals surface area (Å²) >= 11 is 0. The molecule has 2 unspecified atom stereocenters. The van der Waals surface area contributed by atoms with Gasteiger partial charge in [-0.1, -0.05) is 6.92 Å². The summed E-state index contributed by atoms with van der Waals surface area (Å²) in [4.78, 5) is 11.7. The molecule has 0 radical (unpaired) electrons. The number of halogens is 1. The Kier molecular flexibility index (Phi) is 3.84. The lowest BCUT2D eigenvalue weighted by Gasteiger charge is -2.11. The normalized spacial score (nSPS) is 21.6. The summed E-state index contributed by atoms with van der Waals surface area (Å²) in [6.45, 7) is 4.04. The SMILES string of the molecule is Cc1c(C(=O)NCC2CC2C)cc(F)cc1S(N)(=O)=O. The molecule has 0 aromatic heterocycles. The topological polar surface area (TPSA) is 89.3 Å². The van der Waals surface area contributed by atoms with Crippen LogP contribution in [-0.4, -0.2) is 20.9 Å². The van der Waals surface area contributed by atoms with Gasteiger partial charge in [0.05, 0.1) is 4.90 Å². The molecule has 1 aromatic carbocycles. The fourth-order valence-electron chi connectivity index (χ4n) is 2.19. The van der Waals surface area contributed by atoms with Gasteiger partial charge in [-0.05, 0) is 42.9 Å². The van der Waals surface area contributed by atoms with Crippen molar-refractivity contribution in [2.75, 3.05) is 6.54 Å². The summed E-state index contributed by atoms with van der Waals surface area (Å²) in [6.07, 6.45) is 1.06. The van der Waals surface area contributed by atoms with Gasteiger partial charge in [0.25, 0.3) is 5.91 Å². The van der Waals surface area contributed by atoms with Crippen LogP contribution in [-0.2, 0) is 10.0 Å². The lowest BCUT2D eigenvalue weighted by atomic mass is 10.1. The fraction of sp³-hybridized carbons (Fsp3) is 0.462. The third kappa shape index (κ3) is 3.16. The first kappa shape index (κ1) is 14.9. The van der Waals surface area contributed by atoms with Crippen molar-refractivity contribution < 1.29 is 17.6 Å². The highest BCUT2D eigenvalue weighted by Crippen LogP contribution is 2.36. The zero-order chi connectivity index (χ0) is 15.1. The van der Waals surface area contributed by atoms with Crippen molar-refractivity contribution in [3.63, 3.8) is 0 Å². The van der Waals surface area contributed by atoms with Crippen LogP contribution in [0.5, 0.6) is 0 Å². The number of carbonyl (C=O) groups is 1. The van der Waals surface area contributed by atoms with Crippen LogP contribution in [0.1, 0.15) is 29.3 Å². The minimum atomic E-state index is -4.06. The van der Waals surface area contributed by atoms with Crippen LogP contribution in [0.4, 0.5) is 4.39 Å². The molecule has 1 aromatic rings. The van der Waals surface area contributed by atoms with Gasteiger partial charge in [-0.15, -0.1) is 0 Å². The Hall–Kier alpha value is -1.47. The molecule has 2 rings (SSSR count). The van der Waals surface area contributed by atoms with E-state index in [0.29, 0.717) is 18.4 Å². The summed E-state index contributed by atoms with van der Waals surface area (Å²) in [5.41, 5.74) is 0.164. The van der Waals surface area contributed by atoms with Crippen molar-refractivity contribution in [3.8, 4) is 0 Å². The Balaban J connectivity index is 2.26. The summed E-state index contributed by atoms with van der Waals surface area (Å²) in [7, 11) is -4.06. The molecule has 3 N–H and O–H groups in total. The molecule has 1 aliphatic carbocycles. The molecule has 5 nitrogen and oxygen atoms in total. The Morgan fingerprint density at radius 1 is 1.50 bits per heavy atom. The second kappa shape index (κ2) is 5.14. The van der Waals surface area contributed by atoms with Crippen LogP contribution in [0.3, 0.4) is 0 Å². The summed E-state index contributed by atoms with van der Waals surface area (Å²) < 4.78 is 36.2. The highest BCUT2D eigenvalue weighted by Gasteiger charge is 2.32. The van der Waals surface area contributed by atoms with Gasteiger partial charge in [0, 0.05) is 12.1 Å². The highest BCUT2D eigenvalue weighted by atomic mass is 32.2. The van der Waals surface area contributed by atoms with Crippen LogP contribution < -0.4 is 10.5 Å². The summed E-state index contributed by atoms with van der Waals surface area (Å²) in [5.74, 6) is -0.245. The van der Waals surface area contributed by atoms with E-state index in [0.717, 1.165) is 18.6 Å². The van der Waals surface area contributed by atoms with E-state index in [4.69, 9.17) is 5.14 Å². The second-order valence-corrected chi connectivity index (χ2v) is 6.83. The molecule has 1 fully saturated rings. The van der Waals surface area contributed by atoms with Gasteiger partial charge in [0.2, 0.25) is 10.0 Å². The number of carbonyl (C=O) groups excluding carboxylic acids is 1. The molecule has 0 spiro atoms. The molecule has 1 amide bonds. The molecule has 2 atom stereocenters. The minimum Gasteiger partial charge on any atom is -0.352 e. The zero-order valence-corrected chi connectivity index (χ0v) is 12.1. The molecule has 20 heavy (non-hydrogen) atoms. The van der Waals surface area contributed by atoms with E-state index in [-0.39, 0.29) is 16.0 Å². The third-order valence-corrected chi connectivity index (χ3v) is 4.71. The van der Waals surface area contributed by atoms with Crippen molar-refractivity contribution in [2.45, 2.75) is 25.2 Å². The van der Waals surface area contributed by atoms with E-state index in [1.165, 1.54) is 6.92 Å². The van der Waals surface area contributed by atoms with E-state index >= 15 is 0 Å². The second-order valence-electron chi connectivity index (χ2n) is 5.30. The average molecular weight is 300 g/mol. The predicted octanol–water partition coefficient (Wildman–Crippen LogP) is 1.17. The number of nitrogens with one attached hydrogen (secondary N) is 1. The van der Waals surface area contributed by atoms with Crippen LogP contribution >= 0.6 is 0 Å². The maximum absolute atomic E-state index is 13.5. The highest BCUT2D eigenvalue weighted by molar-refractivity contribution is 7.89. The molecule has 1 saturated carbocycles. The first-order chi connectivity index (χ1) is 9.20. The van der Waals surface area contributed by atoms with Crippen molar-refractivity contribution >= 4 is 15.9 Å². The van der Waals surface area contributed by atoms with Crippen LogP contribution in [0.15, 0.2) is 17.0 Å². The monoisotopic (exact) mass is 300 g/mol. The molecule has 0 aliphatic heterocycles. The van der Waals surface area contributed by atoms with E-state index in [1.54, 1.807) is 0 Å². The number of nitrogens with two attached hydrogens (primary N) is 1. The maximum Gasteiger partial charge on any atom is 0.251 e. The average Bonchev–Trinajstić information content (AvgIpc) is 3.03. The molecule has 0 bridgehead atoms. The largest absolute Gasteiger partial charge is 0.352 e.